The van der Waals surface area contributed by atoms with E-state index in [0.29, 0.717) is 0 Å². The van der Waals surface area contributed by atoms with Gasteiger partial charge in [-0.25, -0.2) is 4.79 Å². The van der Waals surface area contributed by atoms with Crippen LogP contribution in [-0.2, 0) is 9.59 Å². The van der Waals surface area contributed by atoms with Crippen molar-refractivity contribution in [1.82, 2.24) is 4.90 Å². The van der Waals surface area contributed by atoms with Gasteiger partial charge in [-0.15, -0.1) is 0 Å². The van der Waals surface area contributed by atoms with Crippen LogP contribution in [0, 0.1) is 0 Å². The molecule has 0 heterocycles. The first kappa shape index (κ1) is 13.9. The maximum absolute atomic E-state index is 11.6. The molecule has 88 valence electrons. The molecule has 0 bridgehead atoms. The number of nitrogens with two attached hydrogens (primary N) is 1. The fourth-order valence-electron chi connectivity index (χ4n) is 1.71. The normalized spacial score (nSPS) is 12.4. The molecule has 0 spiro atoms. The molecule has 0 aromatic heterocycles. The first-order valence-electron chi connectivity index (χ1n) is 4.81. The van der Waals surface area contributed by atoms with Crippen LogP contribution in [-0.4, -0.2) is 39.5 Å². The highest BCUT2D eigenvalue weighted by atomic mass is 16.4. The summed E-state index contributed by atoms with van der Waals surface area (Å²) >= 11 is 0. The molecule has 15 heavy (non-hydrogen) atoms. The van der Waals surface area contributed by atoms with Gasteiger partial charge in [-0.1, -0.05) is 0 Å². The molecule has 0 atom stereocenters. The van der Waals surface area contributed by atoms with E-state index in [9.17, 15) is 9.59 Å². The standard InChI is InChI=1S/C10H20N2O3/c1-9(2,3)12(7(13)6-11)10(4,5)8(14)15/h6,11H2,1-5H3,(H,14,15). The van der Waals surface area contributed by atoms with Gasteiger partial charge in [0.05, 0.1) is 6.54 Å². The van der Waals surface area contributed by atoms with Crippen LogP contribution in [0.1, 0.15) is 34.6 Å². The van der Waals surface area contributed by atoms with Gasteiger partial charge < -0.3 is 15.7 Å². The minimum Gasteiger partial charge on any atom is -0.480 e. The lowest BCUT2D eigenvalue weighted by Gasteiger charge is -2.44. The van der Waals surface area contributed by atoms with Crippen molar-refractivity contribution >= 4 is 11.9 Å². The number of rotatable bonds is 3. The zero-order chi connectivity index (χ0) is 12.4. The van der Waals surface area contributed by atoms with Gasteiger partial charge >= 0.3 is 5.97 Å². The topological polar surface area (TPSA) is 83.6 Å². The molecule has 1 amide bonds. The molecule has 5 heteroatoms. The summed E-state index contributed by atoms with van der Waals surface area (Å²) in [7, 11) is 0. The minimum absolute atomic E-state index is 0.187. The van der Waals surface area contributed by atoms with Gasteiger partial charge in [0.25, 0.3) is 0 Å². The van der Waals surface area contributed by atoms with E-state index in [0.717, 1.165) is 0 Å². The summed E-state index contributed by atoms with van der Waals surface area (Å²) in [5.74, 6) is -1.41. The van der Waals surface area contributed by atoms with E-state index in [1.54, 1.807) is 20.8 Å². The van der Waals surface area contributed by atoms with E-state index < -0.39 is 17.0 Å². The number of carbonyl (C=O) groups is 2. The Morgan fingerprint density at radius 2 is 1.60 bits per heavy atom. The van der Waals surface area contributed by atoms with Crippen LogP contribution in [0.15, 0.2) is 0 Å². The fraction of sp³-hybridized carbons (Fsp3) is 0.800. The van der Waals surface area contributed by atoms with Gasteiger partial charge in [-0.3, -0.25) is 4.79 Å². The van der Waals surface area contributed by atoms with Gasteiger partial charge in [0.2, 0.25) is 5.91 Å². The molecule has 0 aliphatic rings. The molecule has 0 aliphatic carbocycles. The number of carboxylic acid groups (broad SMARTS) is 1. The maximum atomic E-state index is 11.6. The van der Waals surface area contributed by atoms with E-state index in [-0.39, 0.29) is 12.5 Å². The van der Waals surface area contributed by atoms with Gasteiger partial charge in [-0.05, 0) is 34.6 Å². The zero-order valence-electron chi connectivity index (χ0n) is 10.00. The van der Waals surface area contributed by atoms with Gasteiger partial charge in [0.15, 0.2) is 0 Å². The van der Waals surface area contributed by atoms with Crippen molar-refractivity contribution in [3.63, 3.8) is 0 Å². The molecule has 3 N–H and O–H groups in total. The monoisotopic (exact) mass is 216 g/mol. The summed E-state index contributed by atoms with van der Waals surface area (Å²) in [5.41, 5.74) is 3.46. The van der Waals surface area contributed by atoms with E-state index in [1.165, 1.54) is 18.7 Å². The SMILES string of the molecule is CC(C)(C)N(C(=O)CN)C(C)(C)C(=O)O. The molecule has 5 nitrogen and oxygen atoms in total. The van der Waals surface area contributed by atoms with Gasteiger partial charge in [0.1, 0.15) is 5.54 Å². The van der Waals surface area contributed by atoms with Crippen molar-refractivity contribution in [3.8, 4) is 0 Å². The van der Waals surface area contributed by atoms with Crippen LogP contribution in [0.5, 0.6) is 0 Å². The van der Waals surface area contributed by atoms with Crippen LogP contribution < -0.4 is 5.73 Å². The zero-order valence-corrected chi connectivity index (χ0v) is 10.00. The van der Waals surface area contributed by atoms with Crippen LogP contribution >= 0.6 is 0 Å². The van der Waals surface area contributed by atoms with Crippen molar-refractivity contribution in [1.29, 1.82) is 0 Å². The molecule has 0 radical (unpaired) electrons. The number of nitrogens with zero attached hydrogens (tertiary/aromatic N) is 1. The van der Waals surface area contributed by atoms with Crippen LogP contribution in [0.2, 0.25) is 0 Å². The summed E-state index contributed by atoms with van der Waals surface area (Å²) in [6.07, 6.45) is 0. The fourth-order valence-corrected chi connectivity index (χ4v) is 1.71. The minimum atomic E-state index is -1.26. The van der Waals surface area contributed by atoms with Gasteiger partial charge in [-0.2, -0.15) is 0 Å². The predicted molar refractivity (Wildman–Crippen MR) is 57.4 cm³/mol. The summed E-state index contributed by atoms with van der Waals surface area (Å²) in [4.78, 5) is 24.1. The number of hydrogen-bond acceptors (Lipinski definition) is 3. The van der Waals surface area contributed by atoms with E-state index in [1.807, 2.05) is 0 Å². The maximum Gasteiger partial charge on any atom is 0.329 e. The smallest absolute Gasteiger partial charge is 0.329 e. The predicted octanol–water partition coefficient (Wildman–Crippen LogP) is 0.435. The Morgan fingerprint density at radius 1 is 1.20 bits per heavy atom. The second-order valence-corrected chi connectivity index (χ2v) is 4.97. The number of carbonyl (C=O) groups excluding carboxylic acids is 1. The molecule has 0 fully saturated rings. The molecule has 0 unspecified atom stereocenters. The van der Waals surface area contributed by atoms with Crippen molar-refractivity contribution in [2.45, 2.75) is 45.7 Å². The molecular formula is C10H20N2O3. The molecular weight excluding hydrogens is 196 g/mol. The highest BCUT2D eigenvalue weighted by molar-refractivity contribution is 5.87. The molecule has 0 rings (SSSR count). The van der Waals surface area contributed by atoms with E-state index in [2.05, 4.69) is 0 Å². The lowest BCUT2D eigenvalue weighted by atomic mass is 9.94. The Labute approximate surface area is 90.2 Å². The Morgan fingerprint density at radius 3 is 1.80 bits per heavy atom. The molecule has 0 aromatic carbocycles. The second-order valence-electron chi connectivity index (χ2n) is 4.97. The third-order valence-electron chi connectivity index (χ3n) is 2.18. The largest absolute Gasteiger partial charge is 0.480 e. The molecule has 0 aliphatic heterocycles. The molecule has 0 saturated heterocycles. The summed E-state index contributed by atoms with van der Waals surface area (Å²) in [6, 6.07) is 0. The van der Waals surface area contributed by atoms with E-state index >= 15 is 0 Å². The Kier molecular flexibility index (Phi) is 3.88. The van der Waals surface area contributed by atoms with Crippen LogP contribution in [0.4, 0.5) is 0 Å². The highest BCUT2D eigenvalue weighted by Gasteiger charge is 2.43. The van der Waals surface area contributed by atoms with Crippen molar-refractivity contribution in [2.75, 3.05) is 6.54 Å². The first-order valence-corrected chi connectivity index (χ1v) is 4.81. The van der Waals surface area contributed by atoms with Crippen molar-refractivity contribution in [2.24, 2.45) is 5.73 Å². The molecule has 0 aromatic rings. The first-order chi connectivity index (χ1) is 6.55. The van der Waals surface area contributed by atoms with Crippen LogP contribution in [0.3, 0.4) is 0 Å². The average Bonchev–Trinajstić information content (AvgIpc) is 2.00. The number of amides is 1. The Hall–Kier alpha value is -1.10. The highest BCUT2D eigenvalue weighted by Crippen LogP contribution is 2.25. The third-order valence-corrected chi connectivity index (χ3v) is 2.18. The summed E-state index contributed by atoms with van der Waals surface area (Å²) in [6.45, 7) is 8.15. The van der Waals surface area contributed by atoms with Crippen molar-refractivity contribution in [3.05, 3.63) is 0 Å². The lowest BCUT2D eigenvalue weighted by Crippen LogP contribution is -2.62. The molecule has 0 saturated carbocycles. The van der Waals surface area contributed by atoms with Gasteiger partial charge in [0, 0.05) is 5.54 Å². The summed E-state index contributed by atoms with van der Waals surface area (Å²) in [5, 5.41) is 9.08. The van der Waals surface area contributed by atoms with E-state index in [4.69, 9.17) is 10.8 Å². The van der Waals surface area contributed by atoms with Crippen LogP contribution in [0.25, 0.3) is 0 Å². The van der Waals surface area contributed by atoms with Crippen molar-refractivity contribution < 1.29 is 14.7 Å². The number of carboxylic acids is 1. The quantitative estimate of drug-likeness (QED) is 0.716. The number of aliphatic carboxylic acids is 1. The summed E-state index contributed by atoms with van der Waals surface area (Å²) < 4.78 is 0. The Balaban J connectivity index is 5.31. The lowest BCUT2D eigenvalue weighted by molar-refractivity contribution is -0.162. The third kappa shape index (κ3) is 2.92. The number of hydrogen-bond donors (Lipinski definition) is 2. The Bertz CT molecular complexity index is 266. The second kappa shape index (κ2) is 4.18. The average molecular weight is 216 g/mol.